The van der Waals surface area contributed by atoms with Crippen LogP contribution in [0.15, 0.2) is 0 Å². The number of hydrogen-bond donors (Lipinski definition) is 3. The van der Waals surface area contributed by atoms with E-state index in [0.29, 0.717) is 25.7 Å². The van der Waals surface area contributed by atoms with Gasteiger partial charge in [0.1, 0.15) is 19.3 Å². The number of phosphoric ester groups is 2. The van der Waals surface area contributed by atoms with Crippen molar-refractivity contribution in [2.75, 3.05) is 39.6 Å². The van der Waals surface area contributed by atoms with Crippen molar-refractivity contribution >= 4 is 39.5 Å². The summed E-state index contributed by atoms with van der Waals surface area (Å²) >= 11 is 0. The number of aliphatic hydroxyl groups is 1. The molecule has 0 amide bonds. The Labute approximate surface area is 632 Å². The van der Waals surface area contributed by atoms with Crippen molar-refractivity contribution in [3.05, 3.63) is 0 Å². The molecule has 0 fully saturated rings. The molecule has 0 bridgehead atoms. The lowest BCUT2D eigenvalue weighted by Crippen LogP contribution is -2.30. The van der Waals surface area contributed by atoms with E-state index in [-0.39, 0.29) is 25.7 Å². The second-order valence-corrected chi connectivity index (χ2v) is 34.3. The second kappa shape index (κ2) is 74.2. The monoisotopic (exact) mass is 1510 g/mol. The van der Waals surface area contributed by atoms with Crippen LogP contribution in [0.2, 0.25) is 0 Å². The van der Waals surface area contributed by atoms with Gasteiger partial charge in [-0.15, -0.1) is 0 Å². The predicted molar refractivity (Wildman–Crippen MR) is 423 cm³/mol. The van der Waals surface area contributed by atoms with Gasteiger partial charge < -0.3 is 33.8 Å². The van der Waals surface area contributed by atoms with Crippen LogP contribution in [0.1, 0.15) is 440 Å². The Morgan fingerprint density at radius 2 is 0.495 bits per heavy atom. The summed E-state index contributed by atoms with van der Waals surface area (Å²) in [6, 6.07) is 0. The Morgan fingerprint density at radius 1 is 0.282 bits per heavy atom. The van der Waals surface area contributed by atoms with Gasteiger partial charge in [-0.2, -0.15) is 0 Å². The molecule has 0 radical (unpaired) electrons. The molecule has 0 aliphatic heterocycles. The molecule has 6 atom stereocenters. The third-order valence-electron chi connectivity index (χ3n) is 20.0. The van der Waals surface area contributed by atoms with Crippen molar-refractivity contribution in [1.82, 2.24) is 0 Å². The molecule has 0 aromatic carbocycles. The van der Waals surface area contributed by atoms with Crippen molar-refractivity contribution in [3.8, 4) is 0 Å². The summed E-state index contributed by atoms with van der Waals surface area (Å²) < 4.78 is 68.9. The van der Waals surface area contributed by atoms with Crippen LogP contribution in [0.3, 0.4) is 0 Å². The standard InChI is InChI=1S/C84H164O17P2/c1-8-10-11-12-13-14-15-20-30-37-44-51-58-65-81(86)94-71-79(101-84(89)68-61-54-47-40-33-26-19-22-28-35-42-49-56-63-76(5)6)73-98-102(90,91)96-69-78(85)70-97-103(92,93)99-74-80(72-95-82(87)66-59-52-45-38-31-25-18-21-27-34-41-48-55-62-75(3)4)100-83(88)67-60-53-46-39-32-24-17-16-23-29-36-43-50-57-64-77(7)9-2/h75-80,85H,8-74H2,1-7H3,(H,90,91)(H,92,93)/t77?,78-,79+,80+/m0/s1. The van der Waals surface area contributed by atoms with Gasteiger partial charge in [-0.05, 0) is 43.4 Å². The number of phosphoric acid groups is 2. The van der Waals surface area contributed by atoms with Crippen LogP contribution in [0, 0.1) is 17.8 Å². The molecule has 0 aromatic heterocycles. The highest BCUT2D eigenvalue weighted by atomic mass is 31.2. The number of aliphatic hydroxyl groups excluding tert-OH is 1. The van der Waals surface area contributed by atoms with Gasteiger partial charge in [0.2, 0.25) is 0 Å². The quantitative estimate of drug-likeness (QED) is 0.0222. The van der Waals surface area contributed by atoms with E-state index in [2.05, 4.69) is 48.5 Å². The lowest BCUT2D eigenvalue weighted by molar-refractivity contribution is -0.161. The Hall–Kier alpha value is -1.94. The zero-order chi connectivity index (χ0) is 75.8. The maximum Gasteiger partial charge on any atom is 0.472 e. The highest BCUT2D eigenvalue weighted by Crippen LogP contribution is 2.45. The molecular weight excluding hydrogens is 1340 g/mol. The van der Waals surface area contributed by atoms with Crippen LogP contribution < -0.4 is 0 Å². The van der Waals surface area contributed by atoms with Crippen molar-refractivity contribution in [3.63, 3.8) is 0 Å². The fourth-order valence-corrected chi connectivity index (χ4v) is 14.6. The van der Waals surface area contributed by atoms with E-state index in [9.17, 15) is 43.2 Å². The van der Waals surface area contributed by atoms with E-state index in [4.69, 9.17) is 37.0 Å². The molecule has 0 aliphatic rings. The Kier molecular flexibility index (Phi) is 72.8. The molecule has 0 heterocycles. The van der Waals surface area contributed by atoms with Crippen LogP contribution in [0.5, 0.6) is 0 Å². The molecule has 3 N–H and O–H groups in total. The van der Waals surface area contributed by atoms with Gasteiger partial charge in [0, 0.05) is 25.7 Å². The highest BCUT2D eigenvalue weighted by Gasteiger charge is 2.30. The van der Waals surface area contributed by atoms with Gasteiger partial charge in [0.05, 0.1) is 26.4 Å². The number of hydrogen-bond acceptors (Lipinski definition) is 15. The average molecular weight is 1510 g/mol. The Morgan fingerprint density at radius 3 is 0.738 bits per heavy atom. The number of unbranched alkanes of at least 4 members (excludes halogenated alkanes) is 49. The molecule has 103 heavy (non-hydrogen) atoms. The van der Waals surface area contributed by atoms with Crippen molar-refractivity contribution in [2.45, 2.75) is 458 Å². The molecule has 17 nitrogen and oxygen atoms in total. The first-order valence-corrected chi connectivity index (χ1v) is 46.4. The minimum atomic E-state index is -4.96. The first-order valence-electron chi connectivity index (χ1n) is 43.4. The van der Waals surface area contributed by atoms with E-state index >= 15 is 0 Å². The predicted octanol–water partition coefficient (Wildman–Crippen LogP) is 25.3. The van der Waals surface area contributed by atoms with E-state index in [1.165, 1.54) is 250 Å². The number of carbonyl (C=O) groups excluding carboxylic acids is 4. The average Bonchev–Trinajstić information content (AvgIpc) is 0.925. The molecule has 0 saturated carbocycles. The molecule has 0 aliphatic carbocycles. The Balaban J connectivity index is 5.28. The molecule has 0 spiro atoms. The maximum atomic E-state index is 13.1. The highest BCUT2D eigenvalue weighted by molar-refractivity contribution is 7.47. The number of carbonyl (C=O) groups is 4. The van der Waals surface area contributed by atoms with Crippen molar-refractivity contribution < 1.29 is 80.2 Å². The normalized spacial score (nSPS) is 14.2. The van der Waals surface area contributed by atoms with Gasteiger partial charge >= 0.3 is 39.5 Å². The van der Waals surface area contributed by atoms with E-state index in [1.807, 2.05) is 0 Å². The lowest BCUT2D eigenvalue weighted by Gasteiger charge is -2.21. The molecule has 0 rings (SSSR count). The number of ether oxygens (including phenoxy) is 4. The fourth-order valence-electron chi connectivity index (χ4n) is 13.0. The minimum Gasteiger partial charge on any atom is -0.462 e. The third-order valence-corrected chi connectivity index (χ3v) is 21.9. The molecule has 19 heteroatoms. The first-order chi connectivity index (χ1) is 49.8. The Bertz CT molecular complexity index is 1990. The summed E-state index contributed by atoms with van der Waals surface area (Å²) in [5, 5.41) is 10.7. The largest absolute Gasteiger partial charge is 0.472 e. The smallest absolute Gasteiger partial charge is 0.462 e. The molecule has 0 aromatic rings. The molecule has 612 valence electrons. The van der Waals surface area contributed by atoms with Crippen LogP contribution in [0.4, 0.5) is 0 Å². The number of esters is 4. The van der Waals surface area contributed by atoms with Crippen LogP contribution in [-0.4, -0.2) is 96.7 Å². The summed E-state index contributed by atoms with van der Waals surface area (Å²) in [6.07, 6.45) is 63.6. The van der Waals surface area contributed by atoms with Crippen molar-refractivity contribution in [2.24, 2.45) is 17.8 Å². The van der Waals surface area contributed by atoms with E-state index in [0.717, 1.165) is 108 Å². The lowest BCUT2D eigenvalue weighted by atomic mass is 9.99. The summed E-state index contributed by atoms with van der Waals surface area (Å²) in [6.45, 7) is 12.1. The van der Waals surface area contributed by atoms with Crippen molar-refractivity contribution in [1.29, 1.82) is 0 Å². The maximum absolute atomic E-state index is 13.1. The van der Waals surface area contributed by atoms with Gasteiger partial charge in [0.15, 0.2) is 12.2 Å². The molecule has 3 unspecified atom stereocenters. The zero-order valence-corrected chi connectivity index (χ0v) is 69.6. The van der Waals surface area contributed by atoms with Gasteiger partial charge in [-0.1, -0.05) is 389 Å². The van der Waals surface area contributed by atoms with Gasteiger partial charge in [-0.25, -0.2) is 9.13 Å². The van der Waals surface area contributed by atoms with E-state index in [1.54, 1.807) is 0 Å². The third kappa shape index (κ3) is 76.6. The van der Waals surface area contributed by atoms with E-state index < -0.39 is 97.5 Å². The summed E-state index contributed by atoms with van der Waals surface area (Å²) in [4.78, 5) is 73.2. The van der Waals surface area contributed by atoms with Gasteiger partial charge in [-0.3, -0.25) is 37.3 Å². The zero-order valence-electron chi connectivity index (χ0n) is 67.8. The second-order valence-electron chi connectivity index (χ2n) is 31.4. The van der Waals surface area contributed by atoms with Gasteiger partial charge in [0.25, 0.3) is 0 Å². The van der Waals surface area contributed by atoms with Crippen LogP contribution >= 0.6 is 15.6 Å². The number of rotatable bonds is 82. The first kappa shape index (κ1) is 101. The summed E-state index contributed by atoms with van der Waals surface area (Å²) in [5.41, 5.74) is 0. The fraction of sp³-hybridized carbons (Fsp3) is 0.952. The summed E-state index contributed by atoms with van der Waals surface area (Å²) in [5.74, 6) is 0.319. The SMILES string of the molecule is CCCCCCCCCCCCCCCC(=O)OC[C@H](COP(=O)(O)OC[C@H](O)COP(=O)(O)OC[C@@H](COC(=O)CCCCCCCCCCCCCCCC(C)C)OC(=O)CCCCCCCCCCCCCCCCC(C)CC)OC(=O)CCCCCCCCCCCCCCCC(C)C. The molecular formula is C84H164O17P2. The topological polar surface area (TPSA) is 237 Å². The van der Waals surface area contributed by atoms with Crippen LogP contribution in [-0.2, 0) is 65.4 Å². The minimum absolute atomic E-state index is 0.108. The molecule has 0 saturated heterocycles. The summed E-state index contributed by atoms with van der Waals surface area (Å²) in [7, 11) is -9.93. The van der Waals surface area contributed by atoms with Crippen LogP contribution in [0.25, 0.3) is 0 Å².